The number of fused-ring (bicyclic) bond motifs is 1. The Labute approximate surface area is 245 Å². The molecule has 0 bridgehead atoms. The van der Waals surface area contributed by atoms with Crippen molar-refractivity contribution in [3.63, 3.8) is 0 Å². The number of benzene rings is 2. The molecule has 0 unspecified atom stereocenters. The molecule has 5 rings (SSSR count). The lowest BCUT2D eigenvalue weighted by molar-refractivity contribution is -0.139. The number of allylic oxidation sites excluding steroid dienone is 1. The van der Waals surface area contributed by atoms with Crippen LogP contribution in [0.5, 0.6) is 0 Å². The van der Waals surface area contributed by atoms with Gasteiger partial charge in [-0.15, -0.1) is 0 Å². The number of esters is 2. The molecule has 216 valence electrons. The normalized spacial score (nSPS) is 14.9. The van der Waals surface area contributed by atoms with Crippen LogP contribution < -0.4 is 14.9 Å². The SMILES string of the molecule is CCOC(=O)C1=C(C)N=c2s/c(=C\c3cc(C)n(-c4ccc(C(=O)OCC)cc4)c3C)c(=O)n2[C@@H]1c1ccc(F)cc1. The highest BCUT2D eigenvalue weighted by Gasteiger charge is 2.33. The van der Waals surface area contributed by atoms with Crippen LogP contribution in [-0.4, -0.2) is 34.3 Å². The second kappa shape index (κ2) is 11.7. The zero-order chi connectivity index (χ0) is 30.1. The van der Waals surface area contributed by atoms with Gasteiger partial charge in [-0.3, -0.25) is 9.36 Å². The molecule has 2 aromatic heterocycles. The lowest BCUT2D eigenvalue weighted by atomic mass is 9.96. The van der Waals surface area contributed by atoms with Gasteiger partial charge in [0.1, 0.15) is 5.82 Å². The number of aromatic nitrogens is 2. The molecule has 2 aromatic carbocycles. The van der Waals surface area contributed by atoms with Gasteiger partial charge in [-0.1, -0.05) is 23.5 Å². The number of rotatable bonds is 7. The first-order chi connectivity index (χ1) is 20.1. The van der Waals surface area contributed by atoms with Crippen molar-refractivity contribution in [2.24, 2.45) is 4.99 Å². The van der Waals surface area contributed by atoms with Gasteiger partial charge >= 0.3 is 11.9 Å². The maximum atomic E-state index is 13.9. The number of hydrogen-bond donors (Lipinski definition) is 0. The van der Waals surface area contributed by atoms with Crippen LogP contribution in [0.25, 0.3) is 11.8 Å². The van der Waals surface area contributed by atoms with E-state index >= 15 is 0 Å². The van der Waals surface area contributed by atoms with Crippen molar-refractivity contribution in [2.45, 2.75) is 40.7 Å². The van der Waals surface area contributed by atoms with Crippen LogP contribution in [0.2, 0.25) is 0 Å². The summed E-state index contributed by atoms with van der Waals surface area (Å²) in [6.45, 7) is 9.58. The Bertz CT molecular complexity index is 1900. The molecule has 0 spiro atoms. The highest BCUT2D eigenvalue weighted by Crippen LogP contribution is 2.31. The van der Waals surface area contributed by atoms with Crippen LogP contribution in [-0.2, 0) is 14.3 Å². The molecule has 1 aliphatic rings. The van der Waals surface area contributed by atoms with Gasteiger partial charge in [0, 0.05) is 17.1 Å². The van der Waals surface area contributed by atoms with E-state index in [1.807, 2.05) is 42.7 Å². The molecule has 1 atom stereocenters. The average Bonchev–Trinajstić information content (AvgIpc) is 3.42. The quantitative estimate of drug-likeness (QED) is 0.297. The molecule has 1 aliphatic heterocycles. The van der Waals surface area contributed by atoms with Crippen LogP contribution >= 0.6 is 11.3 Å². The summed E-state index contributed by atoms with van der Waals surface area (Å²) < 4.78 is 28.2. The second-order valence-corrected chi connectivity index (χ2v) is 10.8. The van der Waals surface area contributed by atoms with Gasteiger partial charge < -0.3 is 14.0 Å². The molecule has 0 fully saturated rings. The largest absolute Gasteiger partial charge is 0.463 e. The molecule has 0 radical (unpaired) electrons. The number of ether oxygens (including phenoxy) is 2. The van der Waals surface area contributed by atoms with Crippen molar-refractivity contribution in [3.8, 4) is 5.69 Å². The zero-order valence-corrected chi connectivity index (χ0v) is 24.8. The van der Waals surface area contributed by atoms with Crippen LogP contribution in [0.3, 0.4) is 0 Å². The second-order valence-electron chi connectivity index (χ2n) is 9.78. The maximum Gasteiger partial charge on any atom is 0.338 e. The van der Waals surface area contributed by atoms with E-state index in [0.29, 0.717) is 32.8 Å². The third-order valence-electron chi connectivity index (χ3n) is 7.10. The van der Waals surface area contributed by atoms with Crippen molar-refractivity contribution in [1.82, 2.24) is 9.13 Å². The van der Waals surface area contributed by atoms with Crippen LogP contribution in [0.4, 0.5) is 4.39 Å². The predicted octanol–water partition coefficient (Wildman–Crippen LogP) is 4.52. The van der Waals surface area contributed by atoms with Crippen molar-refractivity contribution in [2.75, 3.05) is 13.2 Å². The van der Waals surface area contributed by atoms with Gasteiger partial charge in [0.25, 0.3) is 5.56 Å². The Morgan fingerprint density at radius 3 is 2.26 bits per heavy atom. The number of aryl methyl sites for hydroxylation is 1. The summed E-state index contributed by atoms with van der Waals surface area (Å²) in [5.74, 6) is -1.36. The zero-order valence-electron chi connectivity index (χ0n) is 23.9. The van der Waals surface area contributed by atoms with Gasteiger partial charge in [0.2, 0.25) is 0 Å². The summed E-state index contributed by atoms with van der Waals surface area (Å²) in [6, 6.07) is 14.1. The van der Waals surface area contributed by atoms with Gasteiger partial charge in [0.15, 0.2) is 4.80 Å². The molecule has 4 aromatic rings. The van der Waals surface area contributed by atoms with Gasteiger partial charge in [-0.25, -0.2) is 19.0 Å². The third-order valence-corrected chi connectivity index (χ3v) is 8.08. The smallest absolute Gasteiger partial charge is 0.338 e. The van der Waals surface area contributed by atoms with Crippen LogP contribution in [0.15, 0.2) is 75.7 Å². The number of carbonyl (C=O) groups excluding carboxylic acids is 2. The lowest BCUT2D eigenvalue weighted by Gasteiger charge is -2.24. The molecule has 0 N–H and O–H groups in total. The Kier molecular flexibility index (Phi) is 8.08. The number of carbonyl (C=O) groups is 2. The Morgan fingerprint density at radius 2 is 1.62 bits per heavy atom. The Balaban J connectivity index is 1.61. The molecule has 0 saturated heterocycles. The standard InChI is InChI=1S/C32H30FN3O5S/c1-6-40-30(38)22-10-14-25(15-11-22)35-18(3)16-23(20(35)5)17-26-29(37)36-28(21-8-12-24(33)13-9-21)27(31(39)41-7-2)19(4)34-32(36)42-26/h8-17,28H,6-7H2,1-5H3/b26-17-/t28-/m1/s1. The number of thiazole rings is 1. The fraction of sp³-hybridized carbons (Fsp3) is 0.250. The molecule has 42 heavy (non-hydrogen) atoms. The highest BCUT2D eigenvalue weighted by atomic mass is 32.1. The number of nitrogens with zero attached hydrogens (tertiary/aromatic N) is 3. The van der Waals surface area contributed by atoms with E-state index in [9.17, 15) is 18.8 Å². The maximum absolute atomic E-state index is 13.9. The van der Waals surface area contributed by atoms with E-state index in [-0.39, 0.29) is 23.7 Å². The van der Waals surface area contributed by atoms with Gasteiger partial charge in [-0.05, 0) is 94.3 Å². The van der Waals surface area contributed by atoms with Gasteiger partial charge in [0.05, 0.1) is 40.6 Å². The number of hydrogen-bond acceptors (Lipinski definition) is 7. The third kappa shape index (κ3) is 5.25. The molecular formula is C32H30FN3O5S. The minimum Gasteiger partial charge on any atom is -0.463 e. The van der Waals surface area contributed by atoms with Gasteiger partial charge in [-0.2, -0.15) is 0 Å². The highest BCUT2D eigenvalue weighted by molar-refractivity contribution is 7.07. The van der Waals surface area contributed by atoms with E-state index in [4.69, 9.17) is 9.47 Å². The summed E-state index contributed by atoms with van der Waals surface area (Å²) in [4.78, 5) is 44.0. The fourth-order valence-corrected chi connectivity index (χ4v) is 6.22. The first-order valence-electron chi connectivity index (χ1n) is 13.6. The molecule has 10 heteroatoms. The number of halogens is 1. The van der Waals surface area contributed by atoms with E-state index in [0.717, 1.165) is 22.6 Å². The summed E-state index contributed by atoms with van der Waals surface area (Å²) in [7, 11) is 0. The average molecular weight is 588 g/mol. The van der Waals surface area contributed by atoms with E-state index in [1.165, 1.54) is 28.0 Å². The molecule has 8 nitrogen and oxygen atoms in total. The minimum absolute atomic E-state index is 0.164. The first-order valence-corrected chi connectivity index (χ1v) is 14.4. The van der Waals surface area contributed by atoms with Crippen LogP contribution in [0, 0.1) is 19.7 Å². The summed E-state index contributed by atoms with van der Waals surface area (Å²) in [5.41, 5.74) is 4.97. The lowest BCUT2D eigenvalue weighted by Crippen LogP contribution is -2.39. The van der Waals surface area contributed by atoms with Crippen molar-refractivity contribution >= 4 is 29.4 Å². The fourth-order valence-electron chi connectivity index (χ4n) is 5.19. The topological polar surface area (TPSA) is 91.9 Å². The van der Waals surface area contributed by atoms with E-state index in [2.05, 4.69) is 4.99 Å². The first kappa shape index (κ1) is 28.9. The van der Waals surface area contributed by atoms with Crippen molar-refractivity contribution < 1.29 is 23.5 Å². The van der Waals surface area contributed by atoms with E-state index < -0.39 is 17.8 Å². The molecule has 3 heterocycles. The van der Waals surface area contributed by atoms with Crippen LogP contribution in [0.1, 0.15) is 59.7 Å². The van der Waals surface area contributed by atoms with Crippen molar-refractivity contribution in [1.29, 1.82) is 0 Å². The summed E-state index contributed by atoms with van der Waals surface area (Å²) in [5, 5.41) is 0. The molecule has 0 saturated carbocycles. The summed E-state index contributed by atoms with van der Waals surface area (Å²) >= 11 is 1.23. The monoisotopic (exact) mass is 587 g/mol. The molecule has 0 aliphatic carbocycles. The Hall–Kier alpha value is -4.57. The predicted molar refractivity (Wildman–Crippen MR) is 158 cm³/mol. The molecular weight excluding hydrogens is 557 g/mol. The Morgan fingerprint density at radius 1 is 0.976 bits per heavy atom. The molecule has 0 amide bonds. The van der Waals surface area contributed by atoms with E-state index in [1.54, 1.807) is 45.0 Å². The van der Waals surface area contributed by atoms with Crippen molar-refractivity contribution in [3.05, 3.63) is 119 Å². The summed E-state index contributed by atoms with van der Waals surface area (Å²) in [6.07, 6.45) is 1.82. The minimum atomic E-state index is -0.812.